The van der Waals surface area contributed by atoms with Gasteiger partial charge in [0, 0.05) is 21.4 Å². The average Bonchev–Trinajstić information content (AvgIpc) is 2.39. The van der Waals surface area contributed by atoms with Crippen molar-refractivity contribution in [2.45, 2.75) is 10.6 Å². The molecule has 0 amide bonds. The molecular weight excluding hydrogens is 266 g/mol. The summed E-state index contributed by atoms with van der Waals surface area (Å²) in [5.41, 5.74) is 7.80. The fraction of sp³-hybridized carbons (Fsp3) is 0.143. The summed E-state index contributed by atoms with van der Waals surface area (Å²) < 4.78 is 5.19. The molecule has 18 heavy (non-hydrogen) atoms. The van der Waals surface area contributed by atoms with E-state index in [1.807, 2.05) is 42.5 Å². The molecule has 2 rings (SSSR count). The molecule has 2 nitrogen and oxygen atoms in total. The van der Waals surface area contributed by atoms with Crippen molar-refractivity contribution in [1.82, 2.24) is 0 Å². The Hall–Kier alpha value is -1.32. The van der Waals surface area contributed by atoms with E-state index < -0.39 is 0 Å². The Morgan fingerprint density at radius 1 is 1.22 bits per heavy atom. The lowest BCUT2D eigenvalue weighted by Crippen LogP contribution is -1.91. The minimum atomic E-state index is 0.757. The van der Waals surface area contributed by atoms with E-state index in [-0.39, 0.29) is 0 Å². The van der Waals surface area contributed by atoms with Gasteiger partial charge in [0.1, 0.15) is 5.75 Å². The van der Waals surface area contributed by atoms with Gasteiger partial charge >= 0.3 is 0 Å². The first-order valence-corrected chi connectivity index (χ1v) is 6.87. The highest BCUT2D eigenvalue weighted by molar-refractivity contribution is 7.98. The molecule has 0 saturated carbocycles. The average molecular weight is 280 g/mol. The highest BCUT2D eigenvalue weighted by atomic mass is 35.5. The van der Waals surface area contributed by atoms with Crippen molar-refractivity contribution in [1.29, 1.82) is 0 Å². The van der Waals surface area contributed by atoms with Crippen molar-refractivity contribution >= 4 is 29.1 Å². The monoisotopic (exact) mass is 279 g/mol. The number of hydrogen-bond acceptors (Lipinski definition) is 3. The Balaban J connectivity index is 2.13. The van der Waals surface area contributed by atoms with Gasteiger partial charge in [0.15, 0.2) is 0 Å². The molecule has 94 valence electrons. The van der Waals surface area contributed by atoms with E-state index in [1.165, 1.54) is 0 Å². The van der Waals surface area contributed by atoms with Crippen LogP contribution in [0.3, 0.4) is 0 Å². The number of ether oxygens (including phenoxy) is 1. The van der Waals surface area contributed by atoms with E-state index in [9.17, 15) is 0 Å². The summed E-state index contributed by atoms with van der Waals surface area (Å²) in [5, 5.41) is 0.784. The number of nitrogen functional groups attached to an aromatic ring is 1. The van der Waals surface area contributed by atoms with E-state index in [0.29, 0.717) is 0 Å². The van der Waals surface area contributed by atoms with Gasteiger partial charge in [0.05, 0.1) is 7.11 Å². The fourth-order valence-electron chi connectivity index (χ4n) is 1.54. The summed E-state index contributed by atoms with van der Waals surface area (Å²) in [6.07, 6.45) is 0. The molecule has 0 atom stereocenters. The van der Waals surface area contributed by atoms with E-state index in [2.05, 4.69) is 0 Å². The van der Waals surface area contributed by atoms with E-state index in [0.717, 1.165) is 32.7 Å². The number of halogens is 1. The number of rotatable bonds is 4. The Bertz CT molecular complexity index is 545. The maximum absolute atomic E-state index is 6.12. The van der Waals surface area contributed by atoms with Gasteiger partial charge < -0.3 is 10.5 Å². The molecule has 0 aliphatic carbocycles. The second kappa shape index (κ2) is 6.03. The number of anilines is 1. The predicted octanol–water partition coefficient (Wildman–Crippen LogP) is 4.22. The molecule has 4 heteroatoms. The van der Waals surface area contributed by atoms with Gasteiger partial charge in [0.25, 0.3) is 0 Å². The van der Waals surface area contributed by atoms with Gasteiger partial charge in [-0.3, -0.25) is 0 Å². The van der Waals surface area contributed by atoms with Crippen LogP contribution in [0.15, 0.2) is 47.4 Å². The zero-order chi connectivity index (χ0) is 13.0. The molecule has 0 aromatic heterocycles. The standard InChI is InChI=1S/C14H14ClNOS/c1-17-11-6-7-13(16)14(8-11)18-9-10-4-2-3-5-12(10)15/h2-8H,9,16H2,1H3. The topological polar surface area (TPSA) is 35.2 Å². The normalized spacial score (nSPS) is 10.3. The summed E-state index contributed by atoms with van der Waals surface area (Å²) in [6, 6.07) is 13.5. The van der Waals surface area contributed by atoms with Crippen molar-refractivity contribution < 1.29 is 4.74 Å². The zero-order valence-electron chi connectivity index (χ0n) is 10.0. The minimum absolute atomic E-state index is 0.757. The van der Waals surface area contributed by atoms with Gasteiger partial charge in [-0.05, 0) is 29.8 Å². The summed E-state index contributed by atoms with van der Waals surface area (Å²) in [5.74, 6) is 1.60. The quantitative estimate of drug-likeness (QED) is 0.672. The molecule has 2 aromatic rings. The first kappa shape index (κ1) is 13.1. The largest absolute Gasteiger partial charge is 0.497 e. The summed E-state index contributed by atoms with van der Waals surface area (Å²) >= 11 is 7.77. The molecule has 0 fully saturated rings. The molecule has 0 aliphatic rings. The van der Waals surface area contributed by atoms with Crippen LogP contribution in [-0.4, -0.2) is 7.11 Å². The van der Waals surface area contributed by atoms with Crippen LogP contribution in [0.2, 0.25) is 5.02 Å². The lowest BCUT2D eigenvalue weighted by molar-refractivity contribution is 0.414. The molecule has 0 heterocycles. The van der Waals surface area contributed by atoms with Crippen molar-refractivity contribution in [3.63, 3.8) is 0 Å². The van der Waals surface area contributed by atoms with Crippen LogP contribution in [0.4, 0.5) is 5.69 Å². The van der Waals surface area contributed by atoms with Crippen LogP contribution in [0.1, 0.15) is 5.56 Å². The Kier molecular flexibility index (Phi) is 4.39. The molecule has 2 aromatic carbocycles. The van der Waals surface area contributed by atoms with E-state index in [1.54, 1.807) is 18.9 Å². The molecule has 0 radical (unpaired) electrons. The van der Waals surface area contributed by atoms with Crippen LogP contribution in [0, 0.1) is 0 Å². The van der Waals surface area contributed by atoms with Crippen LogP contribution in [0.25, 0.3) is 0 Å². The SMILES string of the molecule is COc1ccc(N)c(SCc2ccccc2Cl)c1. The van der Waals surface area contributed by atoms with Crippen LogP contribution >= 0.6 is 23.4 Å². The summed E-state index contributed by atoms with van der Waals surface area (Å²) in [4.78, 5) is 1.01. The summed E-state index contributed by atoms with van der Waals surface area (Å²) in [6.45, 7) is 0. The number of hydrogen-bond donors (Lipinski definition) is 1. The third-order valence-electron chi connectivity index (χ3n) is 2.56. The molecule has 0 unspecified atom stereocenters. The number of methoxy groups -OCH3 is 1. The van der Waals surface area contributed by atoms with Gasteiger partial charge in [0.2, 0.25) is 0 Å². The second-order valence-electron chi connectivity index (χ2n) is 3.78. The smallest absolute Gasteiger partial charge is 0.120 e. The van der Waals surface area contributed by atoms with Crippen LogP contribution in [-0.2, 0) is 5.75 Å². The summed E-state index contributed by atoms with van der Waals surface area (Å²) in [7, 11) is 1.65. The van der Waals surface area contributed by atoms with Gasteiger partial charge in [-0.1, -0.05) is 29.8 Å². The van der Waals surface area contributed by atoms with Gasteiger partial charge in [-0.2, -0.15) is 0 Å². The number of nitrogens with two attached hydrogens (primary N) is 1. The maximum Gasteiger partial charge on any atom is 0.120 e. The first-order valence-electron chi connectivity index (χ1n) is 5.50. The highest BCUT2D eigenvalue weighted by Gasteiger charge is 2.05. The third kappa shape index (κ3) is 3.12. The minimum Gasteiger partial charge on any atom is -0.497 e. The van der Waals surface area contributed by atoms with Crippen molar-refractivity contribution in [2.75, 3.05) is 12.8 Å². The molecule has 0 saturated heterocycles. The molecule has 0 spiro atoms. The highest BCUT2D eigenvalue weighted by Crippen LogP contribution is 2.32. The third-order valence-corrected chi connectivity index (χ3v) is 4.05. The van der Waals surface area contributed by atoms with Crippen molar-refractivity contribution in [3.05, 3.63) is 53.1 Å². The van der Waals surface area contributed by atoms with Crippen LogP contribution < -0.4 is 10.5 Å². The molecule has 2 N–H and O–H groups in total. The molecular formula is C14H14ClNOS. The van der Waals surface area contributed by atoms with Crippen molar-refractivity contribution in [2.24, 2.45) is 0 Å². The lowest BCUT2D eigenvalue weighted by Gasteiger charge is -2.08. The van der Waals surface area contributed by atoms with Crippen molar-refractivity contribution in [3.8, 4) is 5.75 Å². The van der Waals surface area contributed by atoms with Gasteiger partial charge in [-0.25, -0.2) is 0 Å². The second-order valence-corrected chi connectivity index (χ2v) is 5.21. The maximum atomic E-state index is 6.12. The van der Waals surface area contributed by atoms with E-state index >= 15 is 0 Å². The zero-order valence-corrected chi connectivity index (χ0v) is 11.6. The van der Waals surface area contributed by atoms with Gasteiger partial charge in [-0.15, -0.1) is 11.8 Å². The Labute approximate surface area is 116 Å². The molecule has 0 aliphatic heterocycles. The van der Waals surface area contributed by atoms with Crippen LogP contribution in [0.5, 0.6) is 5.75 Å². The predicted molar refractivity (Wildman–Crippen MR) is 78.4 cm³/mol. The Morgan fingerprint density at radius 2 is 2.00 bits per heavy atom. The number of benzene rings is 2. The Morgan fingerprint density at radius 3 is 2.72 bits per heavy atom. The first-order chi connectivity index (χ1) is 8.70. The lowest BCUT2D eigenvalue weighted by atomic mass is 10.2. The van der Waals surface area contributed by atoms with E-state index in [4.69, 9.17) is 22.1 Å². The number of thioether (sulfide) groups is 1. The fourth-order valence-corrected chi connectivity index (χ4v) is 2.82. The molecule has 0 bridgehead atoms.